The first-order valence-electron chi connectivity index (χ1n) is 6.29. The molecular weight excluding hydrogens is 274 g/mol. The fourth-order valence-corrected chi connectivity index (χ4v) is 1.71. The molecule has 0 amide bonds. The summed E-state index contributed by atoms with van der Waals surface area (Å²) in [6.07, 6.45) is 0. The van der Waals surface area contributed by atoms with E-state index in [1.54, 1.807) is 24.3 Å². The molecule has 0 aliphatic rings. The van der Waals surface area contributed by atoms with Crippen LogP contribution in [-0.4, -0.2) is 17.5 Å². The van der Waals surface area contributed by atoms with Gasteiger partial charge >= 0.3 is 5.97 Å². The maximum Gasteiger partial charge on any atom is 0.343 e. The van der Waals surface area contributed by atoms with E-state index in [-0.39, 0.29) is 11.4 Å². The topological polar surface area (TPSA) is 78.7 Å². The molecule has 0 spiro atoms. The standard InChI is InChI=1S/C15H13NO5/c1-2-20-13-7-3-5-11(9-13)15(17)21-14-8-4-6-12(10-14)16(18)19/h3-10H,2H2,1H3. The lowest BCUT2D eigenvalue weighted by molar-refractivity contribution is -0.384. The molecular formula is C15H13NO5. The minimum atomic E-state index is -0.600. The van der Waals surface area contributed by atoms with Crippen molar-refractivity contribution in [3.05, 3.63) is 64.2 Å². The normalized spacial score (nSPS) is 9.95. The predicted octanol–water partition coefficient (Wildman–Crippen LogP) is 3.21. The zero-order valence-corrected chi connectivity index (χ0v) is 11.3. The van der Waals surface area contributed by atoms with E-state index in [4.69, 9.17) is 9.47 Å². The smallest absolute Gasteiger partial charge is 0.343 e. The molecule has 0 aromatic heterocycles. The molecule has 0 aliphatic carbocycles. The van der Waals surface area contributed by atoms with Gasteiger partial charge in [0, 0.05) is 6.07 Å². The van der Waals surface area contributed by atoms with Crippen molar-refractivity contribution in [2.75, 3.05) is 6.61 Å². The zero-order valence-electron chi connectivity index (χ0n) is 11.3. The maximum atomic E-state index is 12.0. The highest BCUT2D eigenvalue weighted by Gasteiger charge is 2.12. The van der Waals surface area contributed by atoms with Crippen molar-refractivity contribution in [3.63, 3.8) is 0 Å². The van der Waals surface area contributed by atoms with Gasteiger partial charge in [0.2, 0.25) is 0 Å². The van der Waals surface area contributed by atoms with Crippen LogP contribution >= 0.6 is 0 Å². The third-order valence-corrected chi connectivity index (χ3v) is 2.62. The van der Waals surface area contributed by atoms with Crippen LogP contribution < -0.4 is 9.47 Å². The molecule has 6 heteroatoms. The van der Waals surface area contributed by atoms with Crippen molar-refractivity contribution in [1.82, 2.24) is 0 Å². The van der Waals surface area contributed by atoms with E-state index in [0.29, 0.717) is 17.9 Å². The van der Waals surface area contributed by atoms with Crippen LogP contribution in [0.25, 0.3) is 0 Å². The lowest BCUT2D eigenvalue weighted by Crippen LogP contribution is -2.08. The average Bonchev–Trinajstić information content (AvgIpc) is 2.48. The highest BCUT2D eigenvalue weighted by molar-refractivity contribution is 5.91. The summed E-state index contributed by atoms with van der Waals surface area (Å²) in [6.45, 7) is 2.33. The molecule has 0 saturated heterocycles. The van der Waals surface area contributed by atoms with Gasteiger partial charge in [-0.05, 0) is 31.2 Å². The minimum absolute atomic E-state index is 0.121. The lowest BCUT2D eigenvalue weighted by atomic mass is 10.2. The number of ether oxygens (including phenoxy) is 2. The fourth-order valence-electron chi connectivity index (χ4n) is 1.71. The van der Waals surface area contributed by atoms with Gasteiger partial charge in [-0.25, -0.2) is 4.79 Å². The molecule has 0 N–H and O–H groups in total. The molecule has 0 atom stereocenters. The predicted molar refractivity (Wildman–Crippen MR) is 75.7 cm³/mol. The van der Waals surface area contributed by atoms with E-state index in [1.807, 2.05) is 6.92 Å². The van der Waals surface area contributed by atoms with Gasteiger partial charge in [0.05, 0.1) is 23.2 Å². The van der Waals surface area contributed by atoms with Crippen LogP contribution in [0.2, 0.25) is 0 Å². The van der Waals surface area contributed by atoms with Crippen molar-refractivity contribution < 1.29 is 19.2 Å². The summed E-state index contributed by atoms with van der Waals surface area (Å²) in [6, 6.07) is 12.0. The van der Waals surface area contributed by atoms with Crippen LogP contribution in [0.5, 0.6) is 11.5 Å². The molecule has 2 aromatic rings. The van der Waals surface area contributed by atoms with Crippen molar-refractivity contribution in [3.8, 4) is 11.5 Å². The molecule has 0 heterocycles. The van der Waals surface area contributed by atoms with E-state index in [1.165, 1.54) is 24.3 Å². The van der Waals surface area contributed by atoms with Gasteiger partial charge in [-0.15, -0.1) is 0 Å². The largest absolute Gasteiger partial charge is 0.494 e. The summed E-state index contributed by atoms with van der Waals surface area (Å²) in [5, 5.41) is 10.7. The van der Waals surface area contributed by atoms with Gasteiger partial charge < -0.3 is 9.47 Å². The van der Waals surface area contributed by atoms with Crippen molar-refractivity contribution in [2.24, 2.45) is 0 Å². The quantitative estimate of drug-likeness (QED) is 0.365. The second-order valence-corrected chi connectivity index (χ2v) is 4.10. The Bertz CT molecular complexity index is 669. The molecule has 108 valence electrons. The monoisotopic (exact) mass is 287 g/mol. The SMILES string of the molecule is CCOc1cccc(C(=O)Oc2cccc([N+](=O)[O-])c2)c1. The van der Waals surface area contributed by atoms with Gasteiger partial charge in [-0.2, -0.15) is 0 Å². The van der Waals surface area contributed by atoms with Crippen LogP contribution in [0.3, 0.4) is 0 Å². The van der Waals surface area contributed by atoms with Crippen LogP contribution in [-0.2, 0) is 0 Å². The number of non-ortho nitro benzene ring substituents is 1. The van der Waals surface area contributed by atoms with Gasteiger partial charge in [-0.1, -0.05) is 12.1 Å². The first-order chi connectivity index (χ1) is 10.1. The molecule has 0 fully saturated rings. The number of nitro benzene ring substituents is 1. The van der Waals surface area contributed by atoms with Crippen LogP contribution in [0.4, 0.5) is 5.69 Å². The number of nitrogens with zero attached hydrogens (tertiary/aromatic N) is 1. The van der Waals surface area contributed by atoms with E-state index in [2.05, 4.69) is 0 Å². The third kappa shape index (κ3) is 3.79. The molecule has 0 radical (unpaired) electrons. The van der Waals surface area contributed by atoms with Gasteiger partial charge in [0.1, 0.15) is 11.5 Å². The Hall–Kier alpha value is -2.89. The number of esters is 1. The number of benzene rings is 2. The Morgan fingerprint density at radius 1 is 1.14 bits per heavy atom. The Labute approximate surface area is 121 Å². The lowest BCUT2D eigenvalue weighted by Gasteiger charge is -2.06. The molecule has 2 rings (SSSR count). The summed E-state index contributed by atoms with van der Waals surface area (Å²) >= 11 is 0. The molecule has 6 nitrogen and oxygen atoms in total. The summed E-state index contributed by atoms with van der Waals surface area (Å²) in [5.41, 5.74) is 0.177. The fraction of sp³-hybridized carbons (Fsp3) is 0.133. The van der Waals surface area contributed by atoms with Crippen LogP contribution in [0, 0.1) is 10.1 Å². The van der Waals surface area contributed by atoms with Crippen LogP contribution in [0.15, 0.2) is 48.5 Å². The first-order valence-corrected chi connectivity index (χ1v) is 6.29. The molecule has 0 saturated carbocycles. The molecule has 0 aliphatic heterocycles. The summed E-state index contributed by atoms with van der Waals surface area (Å²) in [4.78, 5) is 22.1. The molecule has 21 heavy (non-hydrogen) atoms. The van der Waals surface area contributed by atoms with Crippen molar-refractivity contribution in [2.45, 2.75) is 6.92 Å². The number of hydrogen-bond acceptors (Lipinski definition) is 5. The number of nitro groups is 1. The number of carbonyl (C=O) groups excluding carboxylic acids is 1. The van der Waals surface area contributed by atoms with Gasteiger partial charge in [0.15, 0.2) is 0 Å². The van der Waals surface area contributed by atoms with Crippen molar-refractivity contribution in [1.29, 1.82) is 0 Å². The van der Waals surface area contributed by atoms with E-state index >= 15 is 0 Å². The van der Waals surface area contributed by atoms with E-state index in [0.717, 1.165) is 0 Å². The highest BCUT2D eigenvalue weighted by Crippen LogP contribution is 2.21. The molecule has 2 aromatic carbocycles. The summed E-state index contributed by atoms with van der Waals surface area (Å²) in [7, 11) is 0. The highest BCUT2D eigenvalue weighted by atomic mass is 16.6. The Morgan fingerprint density at radius 3 is 2.57 bits per heavy atom. The minimum Gasteiger partial charge on any atom is -0.494 e. The summed E-state index contributed by atoms with van der Waals surface area (Å²) < 4.78 is 10.4. The Balaban J connectivity index is 2.16. The van der Waals surface area contributed by atoms with Gasteiger partial charge in [-0.3, -0.25) is 10.1 Å². The third-order valence-electron chi connectivity index (χ3n) is 2.62. The second-order valence-electron chi connectivity index (χ2n) is 4.10. The number of rotatable bonds is 5. The zero-order chi connectivity index (χ0) is 15.2. The Kier molecular flexibility index (Phi) is 4.50. The van der Waals surface area contributed by atoms with E-state index < -0.39 is 10.9 Å². The molecule has 0 unspecified atom stereocenters. The average molecular weight is 287 g/mol. The number of hydrogen-bond donors (Lipinski definition) is 0. The van der Waals surface area contributed by atoms with Crippen LogP contribution in [0.1, 0.15) is 17.3 Å². The van der Waals surface area contributed by atoms with Gasteiger partial charge in [0.25, 0.3) is 5.69 Å². The Morgan fingerprint density at radius 2 is 1.86 bits per heavy atom. The number of carbonyl (C=O) groups is 1. The molecule has 0 bridgehead atoms. The van der Waals surface area contributed by atoms with Crippen molar-refractivity contribution >= 4 is 11.7 Å². The first kappa shape index (κ1) is 14.5. The summed E-state index contributed by atoms with van der Waals surface area (Å²) in [5.74, 6) is 0.0825. The van der Waals surface area contributed by atoms with E-state index in [9.17, 15) is 14.9 Å². The maximum absolute atomic E-state index is 12.0. The second kappa shape index (κ2) is 6.51.